The molecule has 0 saturated carbocycles. The number of anilines is 1. The van der Waals surface area contributed by atoms with Gasteiger partial charge in [0, 0.05) is 31.4 Å². The number of hydrogen-bond acceptors (Lipinski definition) is 3. The summed E-state index contributed by atoms with van der Waals surface area (Å²) in [5.41, 5.74) is 1.16. The maximum Gasteiger partial charge on any atom is 0.0728 e. The fourth-order valence-corrected chi connectivity index (χ4v) is 2.32. The molecule has 96 valence electrons. The molecule has 1 aliphatic heterocycles. The minimum atomic E-state index is 0.437. The summed E-state index contributed by atoms with van der Waals surface area (Å²) in [4.78, 5) is 2.51. The lowest BCUT2D eigenvalue weighted by Crippen LogP contribution is -2.38. The van der Waals surface area contributed by atoms with Crippen molar-refractivity contribution in [3.05, 3.63) is 12.4 Å². The number of aromatic nitrogens is 2. The molecule has 17 heavy (non-hydrogen) atoms. The van der Waals surface area contributed by atoms with Crippen LogP contribution in [0.5, 0.6) is 0 Å². The molecule has 1 aliphatic rings. The first-order valence-corrected chi connectivity index (χ1v) is 6.72. The van der Waals surface area contributed by atoms with Crippen LogP contribution in [0.25, 0.3) is 0 Å². The van der Waals surface area contributed by atoms with E-state index in [0.717, 1.165) is 5.69 Å². The number of piperidine rings is 1. The van der Waals surface area contributed by atoms with Crippen molar-refractivity contribution in [2.45, 2.75) is 45.7 Å². The molecule has 4 heteroatoms. The van der Waals surface area contributed by atoms with Crippen molar-refractivity contribution >= 4 is 5.69 Å². The molecule has 0 aromatic carbocycles. The number of rotatable bonds is 4. The Morgan fingerprint density at radius 2 is 2.12 bits per heavy atom. The SMILES string of the molecule is CCN1CCC(Nc2cnn(C(C)C)c2)CC1. The first-order chi connectivity index (χ1) is 8.19. The first-order valence-electron chi connectivity index (χ1n) is 6.72. The zero-order valence-corrected chi connectivity index (χ0v) is 11.2. The van der Waals surface area contributed by atoms with E-state index in [2.05, 4.69) is 42.3 Å². The van der Waals surface area contributed by atoms with E-state index in [0.29, 0.717) is 12.1 Å². The lowest BCUT2D eigenvalue weighted by Gasteiger charge is -2.31. The molecule has 1 aromatic heterocycles. The molecular weight excluding hydrogens is 212 g/mol. The summed E-state index contributed by atoms with van der Waals surface area (Å²) < 4.78 is 2.00. The Balaban J connectivity index is 1.84. The minimum absolute atomic E-state index is 0.437. The molecule has 1 fully saturated rings. The second-order valence-electron chi connectivity index (χ2n) is 5.16. The van der Waals surface area contributed by atoms with Crippen molar-refractivity contribution in [2.75, 3.05) is 25.0 Å². The van der Waals surface area contributed by atoms with Crippen molar-refractivity contribution in [1.29, 1.82) is 0 Å². The number of hydrogen-bond donors (Lipinski definition) is 1. The average Bonchev–Trinajstić information content (AvgIpc) is 2.79. The van der Waals surface area contributed by atoms with Gasteiger partial charge in [-0.3, -0.25) is 4.68 Å². The highest BCUT2D eigenvalue weighted by Gasteiger charge is 2.18. The van der Waals surface area contributed by atoms with Crippen LogP contribution in [-0.2, 0) is 0 Å². The smallest absolute Gasteiger partial charge is 0.0728 e. The van der Waals surface area contributed by atoms with Gasteiger partial charge in [-0.15, -0.1) is 0 Å². The van der Waals surface area contributed by atoms with Gasteiger partial charge in [0.05, 0.1) is 11.9 Å². The van der Waals surface area contributed by atoms with Gasteiger partial charge in [0.1, 0.15) is 0 Å². The summed E-state index contributed by atoms with van der Waals surface area (Å²) in [6.07, 6.45) is 6.52. The lowest BCUT2D eigenvalue weighted by atomic mass is 10.1. The second kappa shape index (κ2) is 5.54. The molecule has 0 unspecified atom stereocenters. The van der Waals surface area contributed by atoms with Gasteiger partial charge < -0.3 is 10.2 Å². The van der Waals surface area contributed by atoms with Crippen LogP contribution in [0.1, 0.15) is 39.7 Å². The van der Waals surface area contributed by atoms with Crippen LogP contribution in [0.2, 0.25) is 0 Å². The molecule has 1 N–H and O–H groups in total. The van der Waals surface area contributed by atoms with Gasteiger partial charge in [-0.05, 0) is 33.2 Å². The van der Waals surface area contributed by atoms with Gasteiger partial charge in [0.15, 0.2) is 0 Å². The third kappa shape index (κ3) is 3.22. The quantitative estimate of drug-likeness (QED) is 0.871. The highest BCUT2D eigenvalue weighted by Crippen LogP contribution is 2.17. The largest absolute Gasteiger partial charge is 0.380 e. The predicted octanol–water partition coefficient (Wildman–Crippen LogP) is 2.36. The van der Waals surface area contributed by atoms with Crippen LogP contribution in [0.15, 0.2) is 12.4 Å². The summed E-state index contributed by atoms with van der Waals surface area (Å²) in [5, 5.41) is 7.95. The maximum absolute atomic E-state index is 4.36. The fourth-order valence-electron chi connectivity index (χ4n) is 2.32. The van der Waals surface area contributed by atoms with Crippen molar-refractivity contribution < 1.29 is 0 Å². The third-order valence-electron chi connectivity index (χ3n) is 3.54. The second-order valence-corrected chi connectivity index (χ2v) is 5.16. The van der Waals surface area contributed by atoms with E-state index in [-0.39, 0.29) is 0 Å². The van der Waals surface area contributed by atoms with Gasteiger partial charge in [-0.2, -0.15) is 5.10 Å². The fraction of sp³-hybridized carbons (Fsp3) is 0.769. The minimum Gasteiger partial charge on any atom is -0.380 e. The van der Waals surface area contributed by atoms with Crippen LogP contribution in [-0.4, -0.2) is 40.4 Å². The van der Waals surface area contributed by atoms with Crippen LogP contribution in [0.3, 0.4) is 0 Å². The average molecular weight is 236 g/mol. The summed E-state index contributed by atoms with van der Waals surface area (Å²) in [5.74, 6) is 0. The number of nitrogens with zero attached hydrogens (tertiary/aromatic N) is 3. The van der Waals surface area contributed by atoms with Gasteiger partial charge in [0.25, 0.3) is 0 Å². The van der Waals surface area contributed by atoms with Crippen LogP contribution in [0.4, 0.5) is 5.69 Å². The zero-order valence-electron chi connectivity index (χ0n) is 11.2. The Labute approximate surface area is 104 Å². The van der Waals surface area contributed by atoms with E-state index in [1.165, 1.54) is 32.5 Å². The molecule has 0 aliphatic carbocycles. The summed E-state index contributed by atoms with van der Waals surface area (Å²) in [7, 11) is 0. The van der Waals surface area contributed by atoms with Crippen LogP contribution >= 0.6 is 0 Å². The van der Waals surface area contributed by atoms with Crippen molar-refractivity contribution in [3.8, 4) is 0 Å². The molecule has 1 saturated heterocycles. The molecule has 2 heterocycles. The first kappa shape index (κ1) is 12.4. The molecule has 0 spiro atoms. The number of likely N-dealkylation sites (tertiary alicyclic amines) is 1. The molecule has 2 rings (SSSR count). The molecule has 0 atom stereocenters. The van der Waals surface area contributed by atoms with Gasteiger partial charge in [0.2, 0.25) is 0 Å². The Morgan fingerprint density at radius 1 is 1.41 bits per heavy atom. The molecular formula is C13H24N4. The van der Waals surface area contributed by atoms with E-state index in [1.807, 2.05) is 10.9 Å². The normalized spacial score (nSPS) is 18.8. The predicted molar refractivity (Wildman–Crippen MR) is 71.4 cm³/mol. The van der Waals surface area contributed by atoms with Gasteiger partial charge in [-0.25, -0.2) is 0 Å². The Hall–Kier alpha value is -1.03. The van der Waals surface area contributed by atoms with Crippen molar-refractivity contribution in [3.63, 3.8) is 0 Å². The van der Waals surface area contributed by atoms with Crippen LogP contribution in [0, 0.1) is 0 Å². The Kier molecular flexibility index (Phi) is 4.05. The van der Waals surface area contributed by atoms with E-state index in [9.17, 15) is 0 Å². The lowest BCUT2D eigenvalue weighted by molar-refractivity contribution is 0.229. The molecule has 1 aromatic rings. The molecule has 0 bridgehead atoms. The Morgan fingerprint density at radius 3 is 2.65 bits per heavy atom. The van der Waals surface area contributed by atoms with E-state index in [1.54, 1.807) is 0 Å². The summed E-state index contributed by atoms with van der Waals surface area (Å²) >= 11 is 0. The zero-order chi connectivity index (χ0) is 12.3. The summed E-state index contributed by atoms with van der Waals surface area (Å²) in [6, 6.07) is 1.05. The highest BCUT2D eigenvalue weighted by atomic mass is 15.3. The third-order valence-corrected chi connectivity index (χ3v) is 3.54. The van der Waals surface area contributed by atoms with Gasteiger partial charge >= 0.3 is 0 Å². The van der Waals surface area contributed by atoms with E-state index < -0.39 is 0 Å². The molecule has 0 amide bonds. The topological polar surface area (TPSA) is 33.1 Å². The monoisotopic (exact) mass is 236 g/mol. The van der Waals surface area contributed by atoms with Gasteiger partial charge in [-0.1, -0.05) is 6.92 Å². The van der Waals surface area contributed by atoms with Crippen molar-refractivity contribution in [1.82, 2.24) is 14.7 Å². The molecule has 0 radical (unpaired) electrons. The number of nitrogens with one attached hydrogen (secondary N) is 1. The standard InChI is InChI=1S/C13H24N4/c1-4-16-7-5-12(6-8-16)15-13-9-14-17(10-13)11(2)3/h9-12,15H,4-8H2,1-3H3. The van der Waals surface area contributed by atoms with Crippen LogP contribution < -0.4 is 5.32 Å². The van der Waals surface area contributed by atoms with E-state index in [4.69, 9.17) is 0 Å². The summed E-state index contributed by atoms with van der Waals surface area (Å²) in [6.45, 7) is 10.1. The molecule has 4 nitrogen and oxygen atoms in total. The van der Waals surface area contributed by atoms with E-state index >= 15 is 0 Å². The highest BCUT2D eigenvalue weighted by molar-refractivity contribution is 5.39. The maximum atomic E-state index is 4.36. The van der Waals surface area contributed by atoms with Crippen molar-refractivity contribution in [2.24, 2.45) is 0 Å². The Bertz CT molecular complexity index is 337.